The predicted molar refractivity (Wildman–Crippen MR) is 101 cm³/mol. The van der Waals surface area contributed by atoms with Gasteiger partial charge in [-0.2, -0.15) is 13.2 Å². The Labute approximate surface area is 160 Å². The standard InChI is InChI=1S/C22H16F3N3/c23-22(24,25)17-6-3-5-16(13-17)18-7-1-2-8-19(18)20-9-4-10-27-21(20)14-28-12-11-26-15-28/h1-13,15H,14H2. The van der Waals surface area contributed by atoms with Crippen molar-refractivity contribution in [2.45, 2.75) is 12.7 Å². The highest BCUT2D eigenvalue weighted by atomic mass is 19.4. The highest BCUT2D eigenvalue weighted by Crippen LogP contribution is 2.36. The monoisotopic (exact) mass is 379 g/mol. The van der Waals surface area contributed by atoms with Crippen molar-refractivity contribution in [3.8, 4) is 22.3 Å². The van der Waals surface area contributed by atoms with Gasteiger partial charge < -0.3 is 4.57 Å². The second-order valence-corrected chi connectivity index (χ2v) is 6.36. The molecule has 0 N–H and O–H groups in total. The third kappa shape index (κ3) is 3.67. The Hall–Kier alpha value is -3.41. The van der Waals surface area contributed by atoms with Crippen LogP contribution in [0.5, 0.6) is 0 Å². The van der Waals surface area contributed by atoms with Gasteiger partial charge in [0.2, 0.25) is 0 Å². The first-order valence-corrected chi connectivity index (χ1v) is 8.69. The summed E-state index contributed by atoms with van der Waals surface area (Å²) in [6.07, 6.45) is 2.57. The second-order valence-electron chi connectivity index (χ2n) is 6.36. The van der Waals surface area contributed by atoms with Crippen LogP contribution in [-0.4, -0.2) is 14.5 Å². The fraction of sp³-hybridized carbons (Fsp3) is 0.0909. The normalized spacial score (nSPS) is 11.5. The van der Waals surface area contributed by atoms with Crippen molar-refractivity contribution in [3.05, 3.63) is 96.8 Å². The molecule has 0 aliphatic heterocycles. The summed E-state index contributed by atoms with van der Waals surface area (Å²) in [4.78, 5) is 8.54. The molecule has 140 valence electrons. The highest BCUT2D eigenvalue weighted by Gasteiger charge is 2.30. The molecule has 2 aromatic carbocycles. The Balaban J connectivity index is 1.82. The molecule has 6 heteroatoms. The first kappa shape index (κ1) is 18.0. The van der Waals surface area contributed by atoms with Gasteiger partial charge in [0, 0.05) is 24.2 Å². The molecule has 28 heavy (non-hydrogen) atoms. The van der Waals surface area contributed by atoms with Gasteiger partial charge in [-0.25, -0.2) is 4.98 Å². The first-order chi connectivity index (χ1) is 13.5. The quantitative estimate of drug-likeness (QED) is 0.457. The van der Waals surface area contributed by atoms with Crippen molar-refractivity contribution in [1.29, 1.82) is 0 Å². The average Bonchev–Trinajstić information content (AvgIpc) is 3.21. The summed E-state index contributed by atoms with van der Waals surface area (Å²) in [5, 5.41) is 0. The van der Waals surface area contributed by atoms with Gasteiger partial charge in [0.05, 0.1) is 24.1 Å². The summed E-state index contributed by atoms with van der Waals surface area (Å²) in [5.41, 5.74) is 3.12. The summed E-state index contributed by atoms with van der Waals surface area (Å²) >= 11 is 0. The molecule has 0 aliphatic rings. The van der Waals surface area contributed by atoms with E-state index in [1.807, 2.05) is 47.2 Å². The molecule has 0 unspecified atom stereocenters. The number of rotatable bonds is 4. The van der Waals surface area contributed by atoms with Crippen LogP contribution >= 0.6 is 0 Å². The van der Waals surface area contributed by atoms with Gasteiger partial charge in [-0.15, -0.1) is 0 Å². The number of aromatic nitrogens is 3. The van der Waals surface area contributed by atoms with Crippen molar-refractivity contribution < 1.29 is 13.2 Å². The van der Waals surface area contributed by atoms with Crippen molar-refractivity contribution in [1.82, 2.24) is 14.5 Å². The Morgan fingerprint density at radius 1 is 0.821 bits per heavy atom. The Morgan fingerprint density at radius 2 is 1.61 bits per heavy atom. The zero-order valence-electron chi connectivity index (χ0n) is 14.8. The number of pyridine rings is 1. The number of hydrogen-bond donors (Lipinski definition) is 0. The molecule has 3 nitrogen and oxygen atoms in total. The zero-order chi connectivity index (χ0) is 19.6. The third-order valence-electron chi connectivity index (χ3n) is 4.50. The van der Waals surface area contributed by atoms with Crippen LogP contribution in [0, 0.1) is 0 Å². The molecule has 2 aromatic heterocycles. The third-order valence-corrected chi connectivity index (χ3v) is 4.50. The lowest BCUT2D eigenvalue weighted by molar-refractivity contribution is -0.137. The Bertz CT molecular complexity index is 1090. The van der Waals surface area contributed by atoms with E-state index < -0.39 is 11.7 Å². The second kappa shape index (κ2) is 7.31. The number of halogens is 3. The number of imidazole rings is 1. The molecular formula is C22H16F3N3. The maximum atomic E-state index is 13.2. The highest BCUT2D eigenvalue weighted by molar-refractivity contribution is 5.84. The molecule has 0 bridgehead atoms. The average molecular weight is 379 g/mol. The molecule has 4 rings (SSSR count). The first-order valence-electron chi connectivity index (χ1n) is 8.69. The summed E-state index contributed by atoms with van der Waals surface area (Å²) in [5.74, 6) is 0. The molecule has 0 saturated carbocycles. The van der Waals surface area contributed by atoms with E-state index in [9.17, 15) is 13.2 Å². The van der Waals surface area contributed by atoms with Crippen LogP contribution in [0.4, 0.5) is 13.2 Å². The van der Waals surface area contributed by atoms with Crippen molar-refractivity contribution in [2.24, 2.45) is 0 Å². The van der Waals surface area contributed by atoms with Crippen molar-refractivity contribution in [3.63, 3.8) is 0 Å². The minimum Gasteiger partial charge on any atom is -0.331 e. The number of nitrogens with zero attached hydrogens (tertiary/aromatic N) is 3. The number of benzene rings is 2. The molecule has 0 fully saturated rings. The van der Waals surface area contributed by atoms with Gasteiger partial charge in [0.1, 0.15) is 0 Å². The minimum absolute atomic E-state index is 0.517. The lowest BCUT2D eigenvalue weighted by Gasteiger charge is -2.15. The van der Waals surface area contributed by atoms with E-state index in [0.29, 0.717) is 12.1 Å². The molecule has 4 aromatic rings. The van der Waals surface area contributed by atoms with E-state index >= 15 is 0 Å². The van der Waals surface area contributed by atoms with Gasteiger partial charge in [-0.3, -0.25) is 4.98 Å². The molecule has 0 atom stereocenters. The summed E-state index contributed by atoms with van der Waals surface area (Å²) < 4.78 is 41.4. The number of hydrogen-bond acceptors (Lipinski definition) is 2. The molecule has 0 radical (unpaired) electrons. The molecule has 0 spiro atoms. The summed E-state index contributed by atoms with van der Waals surface area (Å²) in [6, 6.07) is 16.6. The minimum atomic E-state index is -4.38. The van der Waals surface area contributed by atoms with Gasteiger partial charge in [0.15, 0.2) is 0 Å². The maximum absolute atomic E-state index is 13.2. The van der Waals surface area contributed by atoms with Crippen LogP contribution in [0.2, 0.25) is 0 Å². The fourth-order valence-electron chi connectivity index (χ4n) is 3.20. The van der Waals surface area contributed by atoms with Crippen LogP contribution in [0.25, 0.3) is 22.3 Å². The van der Waals surface area contributed by atoms with Crippen molar-refractivity contribution in [2.75, 3.05) is 0 Å². The van der Waals surface area contributed by atoms with Gasteiger partial charge in [-0.05, 0) is 34.9 Å². The number of alkyl halides is 3. The van der Waals surface area contributed by atoms with E-state index in [4.69, 9.17) is 0 Å². The van der Waals surface area contributed by atoms with E-state index in [2.05, 4.69) is 9.97 Å². The topological polar surface area (TPSA) is 30.7 Å². The van der Waals surface area contributed by atoms with Crippen LogP contribution in [-0.2, 0) is 12.7 Å². The van der Waals surface area contributed by atoms with Crippen LogP contribution in [0.1, 0.15) is 11.3 Å². The lowest BCUT2D eigenvalue weighted by atomic mass is 9.93. The molecule has 0 aliphatic carbocycles. The largest absolute Gasteiger partial charge is 0.416 e. The van der Waals surface area contributed by atoms with E-state index in [-0.39, 0.29) is 0 Å². The smallest absolute Gasteiger partial charge is 0.331 e. The fourth-order valence-corrected chi connectivity index (χ4v) is 3.20. The molecule has 2 heterocycles. The molecule has 0 saturated heterocycles. The predicted octanol–water partition coefficient (Wildman–Crippen LogP) is 5.68. The maximum Gasteiger partial charge on any atom is 0.416 e. The van der Waals surface area contributed by atoms with E-state index in [0.717, 1.165) is 28.5 Å². The molecule has 0 amide bonds. The van der Waals surface area contributed by atoms with Gasteiger partial charge >= 0.3 is 6.18 Å². The van der Waals surface area contributed by atoms with Crippen molar-refractivity contribution >= 4 is 0 Å². The van der Waals surface area contributed by atoms with Gasteiger partial charge in [0.25, 0.3) is 0 Å². The summed E-state index contributed by atoms with van der Waals surface area (Å²) in [6.45, 7) is 0.521. The SMILES string of the molecule is FC(F)(F)c1cccc(-c2ccccc2-c2cccnc2Cn2ccnc2)c1. The Kier molecular flexibility index (Phi) is 4.69. The van der Waals surface area contributed by atoms with E-state index in [1.165, 1.54) is 12.1 Å². The Morgan fingerprint density at radius 3 is 2.36 bits per heavy atom. The van der Waals surface area contributed by atoms with E-state index in [1.54, 1.807) is 24.8 Å². The lowest BCUT2D eigenvalue weighted by Crippen LogP contribution is -2.05. The summed E-state index contributed by atoms with van der Waals surface area (Å²) in [7, 11) is 0. The van der Waals surface area contributed by atoms with Crippen LogP contribution in [0.3, 0.4) is 0 Å². The molecular weight excluding hydrogens is 363 g/mol. The van der Waals surface area contributed by atoms with Gasteiger partial charge in [-0.1, -0.05) is 42.5 Å². The van der Waals surface area contributed by atoms with Crippen LogP contribution in [0.15, 0.2) is 85.6 Å². The zero-order valence-corrected chi connectivity index (χ0v) is 14.8. The van der Waals surface area contributed by atoms with Crippen LogP contribution < -0.4 is 0 Å².